The van der Waals surface area contributed by atoms with Gasteiger partial charge in [-0.1, -0.05) is 6.92 Å². The summed E-state index contributed by atoms with van der Waals surface area (Å²) in [7, 11) is 0. The number of ether oxygens (including phenoxy) is 1. The van der Waals surface area contributed by atoms with Crippen molar-refractivity contribution >= 4 is 18.3 Å². The number of hydrogen-bond acceptors (Lipinski definition) is 5. The Bertz CT molecular complexity index is 479. The van der Waals surface area contributed by atoms with E-state index in [0.717, 1.165) is 0 Å². The molecule has 3 unspecified atom stereocenters. The van der Waals surface area contributed by atoms with Crippen LogP contribution in [0.2, 0.25) is 0 Å². The van der Waals surface area contributed by atoms with Crippen molar-refractivity contribution < 1.29 is 51.8 Å². The van der Waals surface area contributed by atoms with Gasteiger partial charge in [0.1, 0.15) is 11.1 Å². The minimum atomic E-state index is -1.09. The Morgan fingerprint density at radius 1 is 1.45 bits per heavy atom. The zero-order chi connectivity index (χ0) is 16.0. The summed E-state index contributed by atoms with van der Waals surface area (Å²) in [5.41, 5.74) is -1.72. The predicted molar refractivity (Wildman–Crippen MR) is 74.8 cm³/mol. The van der Waals surface area contributed by atoms with Gasteiger partial charge >= 0.3 is 6.09 Å². The van der Waals surface area contributed by atoms with Crippen LogP contribution in [0.25, 0.3) is 0 Å². The van der Waals surface area contributed by atoms with Gasteiger partial charge in [-0.25, -0.2) is 16.1 Å². The molecule has 121 valence electrons. The number of hydrazine groups is 1. The zero-order valence-corrected chi connectivity index (χ0v) is 16.5. The van der Waals surface area contributed by atoms with Gasteiger partial charge in [0.2, 0.25) is 0 Å². The molecule has 2 aliphatic heterocycles. The van der Waals surface area contributed by atoms with E-state index in [9.17, 15) is 14.4 Å². The van der Waals surface area contributed by atoms with E-state index in [1.807, 2.05) is 13.2 Å². The third-order valence-corrected chi connectivity index (χ3v) is 3.68. The molecule has 0 aromatic carbocycles. The standard InChI is InChI=1S/C14H22N3O4.Y/c1-9-6-16-8-14(5,11(19)17(16)10(9)7-18)15-12(20)21-13(2,3)4;/h9-10H,6,8H2,1-5H3,(H,15,20);/q-1;. The van der Waals surface area contributed by atoms with E-state index < -0.39 is 23.3 Å². The Labute approximate surface area is 155 Å². The van der Waals surface area contributed by atoms with Crippen molar-refractivity contribution in [2.75, 3.05) is 13.1 Å². The summed E-state index contributed by atoms with van der Waals surface area (Å²) in [6.07, 6.45) is 1.28. The molecule has 1 radical (unpaired) electrons. The average Bonchev–Trinajstić information content (AvgIpc) is 2.70. The fraction of sp³-hybridized carbons (Fsp3) is 0.786. The van der Waals surface area contributed by atoms with Gasteiger partial charge in [0, 0.05) is 39.3 Å². The molecule has 2 aliphatic rings. The van der Waals surface area contributed by atoms with Crippen molar-refractivity contribution in [2.24, 2.45) is 5.92 Å². The third kappa shape index (κ3) is 3.68. The van der Waals surface area contributed by atoms with Crippen LogP contribution in [0, 0.1) is 5.92 Å². The first-order chi connectivity index (χ1) is 9.57. The van der Waals surface area contributed by atoms with E-state index >= 15 is 0 Å². The smallest absolute Gasteiger partial charge is 0.408 e. The van der Waals surface area contributed by atoms with Crippen LogP contribution in [0.1, 0.15) is 34.6 Å². The Morgan fingerprint density at radius 2 is 2.05 bits per heavy atom. The summed E-state index contributed by atoms with van der Waals surface area (Å²) in [6.45, 7) is 9.74. The average molecular weight is 385 g/mol. The Morgan fingerprint density at radius 3 is 2.55 bits per heavy atom. The van der Waals surface area contributed by atoms with Crippen LogP contribution in [-0.4, -0.2) is 58.6 Å². The number of rotatable bonds is 2. The predicted octanol–water partition coefficient (Wildman–Crippen LogP) is 0.455. The first-order valence-electron chi connectivity index (χ1n) is 7.05. The van der Waals surface area contributed by atoms with Crippen LogP contribution in [-0.2, 0) is 47.0 Å². The summed E-state index contributed by atoms with van der Waals surface area (Å²) in [5, 5.41) is 5.83. The Balaban J connectivity index is 0.00000242. The molecule has 2 heterocycles. The number of fused-ring (bicyclic) bond motifs is 1. The van der Waals surface area contributed by atoms with Gasteiger partial charge in [0.25, 0.3) is 5.91 Å². The summed E-state index contributed by atoms with van der Waals surface area (Å²) in [5.74, 6) is -0.261. The number of nitrogens with zero attached hydrogens (tertiary/aromatic N) is 2. The molecule has 7 nitrogen and oxygen atoms in total. The maximum atomic E-state index is 12.6. The largest absolute Gasteiger partial charge is 0.540 e. The minimum Gasteiger partial charge on any atom is -0.540 e. The number of nitrogens with one attached hydrogen (secondary N) is 1. The van der Waals surface area contributed by atoms with Crippen LogP contribution in [0.4, 0.5) is 4.79 Å². The molecule has 0 aromatic heterocycles. The summed E-state index contributed by atoms with van der Waals surface area (Å²) >= 11 is 0. The van der Waals surface area contributed by atoms with Crippen molar-refractivity contribution in [3.05, 3.63) is 0 Å². The topological polar surface area (TPSA) is 79.0 Å². The van der Waals surface area contributed by atoms with E-state index in [-0.39, 0.29) is 44.5 Å². The molecule has 1 N–H and O–H groups in total. The number of alkyl carbamates (subject to hydrolysis) is 1. The number of carbonyl (C=O) groups is 2. The second kappa shape index (κ2) is 6.53. The molecular formula is C14H22N3O4Y-. The molecule has 2 fully saturated rings. The molecule has 0 saturated carbocycles. The molecule has 0 spiro atoms. The van der Waals surface area contributed by atoms with Gasteiger partial charge in [-0.05, 0) is 39.7 Å². The molecule has 0 aliphatic carbocycles. The van der Waals surface area contributed by atoms with Crippen LogP contribution in [0.3, 0.4) is 0 Å². The monoisotopic (exact) mass is 385 g/mol. The molecule has 2 amide bonds. The van der Waals surface area contributed by atoms with Gasteiger partial charge in [0.15, 0.2) is 0 Å². The number of amides is 2. The second-order valence-corrected chi connectivity index (χ2v) is 7.00. The van der Waals surface area contributed by atoms with E-state index in [1.54, 1.807) is 32.7 Å². The van der Waals surface area contributed by atoms with Gasteiger partial charge in [-0.2, -0.15) is 0 Å². The van der Waals surface area contributed by atoms with Crippen molar-refractivity contribution in [1.82, 2.24) is 15.3 Å². The number of hydrogen-bond donors (Lipinski definition) is 1. The summed E-state index contributed by atoms with van der Waals surface area (Å²) in [4.78, 5) is 35.5. The molecule has 0 bridgehead atoms. The van der Waals surface area contributed by atoms with Crippen molar-refractivity contribution in [1.29, 1.82) is 0 Å². The molecule has 3 atom stereocenters. The van der Waals surface area contributed by atoms with Crippen molar-refractivity contribution in [2.45, 2.75) is 51.8 Å². The van der Waals surface area contributed by atoms with E-state index in [0.29, 0.717) is 13.1 Å². The Kier molecular flexibility index (Phi) is 5.80. The first kappa shape index (κ1) is 19.5. The molecule has 22 heavy (non-hydrogen) atoms. The van der Waals surface area contributed by atoms with Crippen LogP contribution < -0.4 is 5.32 Å². The van der Waals surface area contributed by atoms with Gasteiger partial charge in [-0.3, -0.25) is 9.80 Å². The van der Waals surface area contributed by atoms with Crippen LogP contribution in [0.5, 0.6) is 0 Å². The van der Waals surface area contributed by atoms with Crippen LogP contribution >= 0.6 is 0 Å². The van der Waals surface area contributed by atoms with E-state index in [2.05, 4.69) is 5.32 Å². The maximum absolute atomic E-state index is 12.6. The maximum Gasteiger partial charge on any atom is 0.408 e. The quantitative estimate of drug-likeness (QED) is 0.699. The SMILES string of the molecule is CC1CN2CC(C)(NC(=O)OC(C)(C)C)C(=O)N2C1[C-]=O.[Y]. The molecule has 8 heteroatoms. The van der Waals surface area contributed by atoms with Crippen molar-refractivity contribution in [3.8, 4) is 0 Å². The Hall–Kier alpha value is -0.526. The molecule has 0 aromatic rings. The van der Waals surface area contributed by atoms with Gasteiger partial charge in [-0.15, -0.1) is 0 Å². The summed E-state index contributed by atoms with van der Waals surface area (Å²) in [6, 6.07) is -0.584. The van der Waals surface area contributed by atoms with Crippen LogP contribution in [0.15, 0.2) is 0 Å². The second-order valence-electron chi connectivity index (χ2n) is 7.00. The van der Waals surface area contributed by atoms with Gasteiger partial charge in [0.05, 0.1) is 6.54 Å². The first-order valence-corrected chi connectivity index (χ1v) is 7.05. The molecule has 2 rings (SSSR count). The van der Waals surface area contributed by atoms with Gasteiger partial charge < -0.3 is 14.8 Å². The third-order valence-electron chi connectivity index (χ3n) is 3.68. The normalized spacial score (nSPS) is 31.5. The fourth-order valence-electron chi connectivity index (χ4n) is 2.81. The zero-order valence-electron chi connectivity index (χ0n) is 13.7. The minimum absolute atomic E-state index is 0. The van der Waals surface area contributed by atoms with E-state index in [1.165, 1.54) is 5.01 Å². The molecule has 2 saturated heterocycles. The number of carbonyl (C=O) groups excluding carboxylic acids is 3. The van der Waals surface area contributed by atoms with Crippen molar-refractivity contribution in [3.63, 3.8) is 0 Å². The molecular weight excluding hydrogens is 363 g/mol. The van der Waals surface area contributed by atoms with E-state index in [4.69, 9.17) is 4.74 Å². The fourth-order valence-corrected chi connectivity index (χ4v) is 2.81. The summed E-state index contributed by atoms with van der Waals surface area (Å²) < 4.78 is 5.19.